The number of anilines is 1. The van der Waals surface area contributed by atoms with Gasteiger partial charge in [0.2, 0.25) is 0 Å². The summed E-state index contributed by atoms with van der Waals surface area (Å²) in [5, 5.41) is 3.53. The minimum Gasteiger partial charge on any atom is -0.368 e. The van der Waals surface area contributed by atoms with Crippen LogP contribution in [0.2, 0.25) is 0 Å². The van der Waals surface area contributed by atoms with Crippen molar-refractivity contribution < 1.29 is 4.79 Å². The molecular formula is C24H28N4O. The van der Waals surface area contributed by atoms with Crippen molar-refractivity contribution in [3.8, 4) is 11.3 Å². The molecule has 150 valence electrons. The number of aryl methyl sites for hydroxylation is 1. The fourth-order valence-corrected chi connectivity index (χ4v) is 4.95. The van der Waals surface area contributed by atoms with Gasteiger partial charge in [0.1, 0.15) is 11.3 Å². The summed E-state index contributed by atoms with van der Waals surface area (Å²) >= 11 is 0. The summed E-state index contributed by atoms with van der Waals surface area (Å²) < 4.78 is 0. The molecule has 3 atom stereocenters. The summed E-state index contributed by atoms with van der Waals surface area (Å²) in [4.78, 5) is 26.5. The Morgan fingerprint density at radius 1 is 1.17 bits per heavy atom. The maximum atomic E-state index is 13.1. The number of carbonyl (C=O) groups excluding carboxylic acids is 1. The first-order valence-corrected chi connectivity index (χ1v) is 10.8. The number of carbonyl (C=O) groups is 1. The number of H-pyrrole nitrogens is 1. The van der Waals surface area contributed by atoms with E-state index < -0.39 is 0 Å². The number of ketones is 1. The highest BCUT2D eigenvalue weighted by atomic mass is 16.1. The van der Waals surface area contributed by atoms with Crippen LogP contribution in [0.4, 0.5) is 5.82 Å². The number of benzene rings is 1. The normalized spacial score (nSPS) is 24.0. The average molecular weight is 389 g/mol. The highest BCUT2D eigenvalue weighted by Crippen LogP contribution is 2.42. The monoisotopic (exact) mass is 388 g/mol. The highest BCUT2D eigenvalue weighted by molar-refractivity contribution is 6.02. The quantitative estimate of drug-likeness (QED) is 0.580. The maximum absolute atomic E-state index is 13.1. The van der Waals surface area contributed by atoms with Gasteiger partial charge in [-0.2, -0.15) is 0 Å². The summed E-state index contributed by atoms with van der Waals surface area (Å²) in [6.07, 6.45) is 4.10. The first-order chi connectivity index (χ1) is 14.0. The van der Waals surface area contributed by atoms with E-state index in [1.165, 1.54) is 0 Å². The summed E-state index contributed by atoms with van der Waals surface area (Å²) in [6, 6.07) is 8.16. The molecule has 1 aliphatic heterocycles. The fourth-order valence-electron chi connectivity index (χ4n) is 4.95. The summed E-state index contributed by atoms with van der Waals surface area (Å²) in [5.74, 6) is 2.23. The Bertz CT molecular complexity index is 1100. The van der Waals surface area contributed by atoms with Crippen molar-refractivity contribution >= 4 is 22.6 Å². The minimum atomic E-state index is 0.138. The van der Waals surface area contributed by atoms with E-state index in [1.54, 1.807) is 0 Å². The van der Waals surface area contributed by atoms with Crippen LogP contribution in [0.1, 0.15) is 67.2 Å². The van der Waals surface area contributed by atoms with Crippen molar-refractivity contribution in [1.82, 2.24) is 15.0 Å². The topological polar surface area (TPSA) is 70.7 Å². The van der Waals surface area contributed by atoms with Crippen molar-refractivity contribution in [2.75, 3.05) is 11.9 Å². The van der Waals surface area contributed by atoms with E-state index >= 15 is 0 Å². The van der Waals surface area contributed by atoms with Crippen molar-refractivity contribution in [3.05, 3.63) is 41.2 Å². The van der Waals surface area contributed by atoms with Gasteiger partial charge in [-0.15, -0.1) is 0 Å². The van der Waals surface area contributed by atoms with Gasteiger partial charge in [-0.1, -0.05) is 26.0 Å². The number of hydrogen-bond acceptors (Lipinski definition) is 4. The van der Waals surface area contributed by atoms with Crippen LogP contribution in [0.15, 0.2) is 24.3 Å². The van der Waals surface area contributed by atoms with Gasteiger partial charge in [0, 0.05) is 40.9 Å². The molecule has 1 aromatic carbocycles. The molecule has 4 bridgehead atoms. The van der Waals surface area contributed by atoms with Crippen LogP contribution in [0.3, 0.4) is 0 Å². The Labute approximate surface area is 171 Å². The number of Topliss-reactive ketones (excluding diaryl/α,β-unsaturated/α-hetero) is 1. The largest absolute Gasteiger partial charge is 0.368 e. The van der Waals surface area contributed by atoms with Crippen LogP contribution in [0.5, 0.6) is 0 Å². The molecule has 5 heteroatoms. The summed E-state index contributed by atoms with van der Waals surface area (Å²) in [6.45, 7) is 7.31. The number of hydrogen-bond donors (Lipinski definition) is 2. The van der Waals surface area contributed by atoms with Crippen LogP contribution < -0.4 is 5.32 Å². The van der Waals surface area contributed by atoms with Crippen molar-refractivity contribution in [2.45, 2.75) is 52.4 Å². The van der Waals surface area contributed by atoms with E-state index in [4.69, 9.17) is 9.97 Å². The number of aromatic amines is 1. The first kappa shape index (κ1) is 18.3. The Morgan fingerprint density at radius 3 is 2.86 bits per heavy atom. The first-order valence-electron chi connectivity index (χ1n) is 10.8. The van der Waals surface area contributed by atoms with E-state index in [2.05, 4.69) is 36.3 Å². The zero-order valence-electron chi connectivity index (χ0n) is 17.4. The lowest BCUT2D eigenvalue weighted by Gasteiger charge is -2.28. The van der Waals surface area contributed by atoms with Crippen LogP contribution in [-0.2, 0) is 0 Å². The summed E-state index contributed by atoms with van der Waals surface area (Å²) in [5.41, 5.74) is 6.70. The van der Waals surface area contributed by atoms with E-state index in [0.29, 0.717) is 17.6 Å². The molecule has 0 saturated carbocycles. The van der Waals surface area contributed by atoms with E-state index in [0.717, 1.165) is 77.3 Å². The lowest BCUT2D eigenvalue weighted by molar-refractivity contribution is 0.0886. The molecule has 2 N–H and O–H groups in total. The second kappa shape index (κ2) is 6.97. The number of rotatable bonds is 1. The molecule has 5 rings (SSSR count). The van der Waals surface area contributed by atoms with Gasteiger partial charge in [0.25, 0.3) is 0 Å². The van der Waals surface area contributed by atoms with Gasteiger partial charge in [-0.25, -0.2) is 9.97 Å². The van der Waals surface area contributed by atoms with Crippen molar-refractivity contribution in [2.24, 2.45) is 11.8 Å². The molecule has 5 nitrogen and oxygen atoms in total. The summed E-state index contributed by atoms with van der Waals surface area (Å²) in [7, 11) is 0. The fraction of sp³-hybridized carbons (Fsp3) is 0.458. The molecule has 3 unspecified atom stereocenters. The molecule has 0 amide bonds. The molecule has 1 aliphatic carbocycles. The SMILES string of the molecule is CCC1CC2CCC(C)CNc3nc4c(cccc4nc3C)-c3cc(c2[nH]3)C1=O. The Kier molecular flexibility index (Phi) is 4.41. The Hall–Kier alpha value is -2.69. The predicted molar refractivity (Wildman–Crippen MR) is 116 cm³/mol. The van der Waals surface area contributed by atoms with Gasteiger partial charge < -0.3 is 10.3 Å². The van der Waals surface area contributed by atoms with Crippen LogP contribution >= 0.6 is 0 Å². The smallest absolute Gasteiger partial charge is 0.167 e. The molecule has 0 spiro atoms. The van der Waals surface area contributed by atoms with Crippen LogP contribution in [0, 0.1) is 18.8 Å². The number of aromatic nitrogens is 3. The van der Waals surface area contributed by atoms with Gasteiger partial charge in [-0.3, -0.25) is 4.79 Å². The highest BCUT2D eigenvalue weighted by Gasteiger charge is 2.35. The van der Waals surface area contributed by atoms with Gasteiger partial charge in [0.15, 0.2) is 5.78 Å². The van der Waals surface area contributed by atoms with Gasteiger partial charge in [-0.05, 0) is 50.7 Å². The minimum absolute atomic E-state index is 0.138. The predicted octanol–water partition coefficient (Wildman–Crippen LogP) is 5.47. The molecule has 0 saturated heterocycles. The Morgan fingerprint density at radius 2 is 2.03 bits per heavy atom. The maximum Gasteiger partial charge on any atom is 0.167 e. The second-order valence-corrected chi connectivity index (χ2v) is 8.81. The zero-order valence-corrected chi connectivity index (χ0v) is 17.4. The molecular weight excluding hydrogens is 360 g/mol. The van der Waals surface area contributed by atoms with Crippen LogP contribution in [0.25, 0.3) is 22.3 Å². The standard InChI is InChI=1S/C24H28N4O/c1-4-15-10-16-9-8-13(2)12-25-24-14(3)26-19-7-5-6-17(22(19)28-24)20-11-18(23(15)29)21(16)27-20/h5-7,11,13,15-16,27H,4,8-10,12H2,1-3H3,(H,25,28). The number of para-hydroxylation sites is 1. The van der Waals surface area contributed by atoms with Crippen LogP contribution in [-0.4, -0.2) is 27.3 Å². The average Bonchev–Trinajstić information content (AvgIpc) is 3.17. The molecule has 2 aromatic heterocycles. The van der Waals surface area contributed by atoms with E-state index in [9.17, 15) is 4.79 Å². The second-order valence-electron chi connectivity index (χ2n) is 8.81. The number of nitrogens with one attached hydrogen (secondary N) is 2. The lowest BCUT2D eigenvalue weighted by atomic mass is 9.76. The van der Waals surface area contributed by atoms with Gasteiger partial charge in [0.05, 0.1) is 11.2 Å². The van der Waals surface area contributed by atoms with E-state index in [1.807, 2.05) is 19.1 Å². The van der Waals surface area contributed by atoms with Crippen molar-refractivity contribution in [1.29, 1.82) is 0 Å². The molecule has 3 aromatic rings. The van der Waals surface area contributed by atoms with Gasteiger partial charge >= 0.3 is 0 Å². The van der Waals surface area contributed by atoms with E-state index in [-0.39, 0.29) is 5.92 Å². The third-order valence-corrected chi connectivity index (χ3v) is 6.74. The zero-order chi connectivity index (χ0) is 20.1. The lowest BCUT2D eigenvalue weighted by Crippen LogP contribution is -2.25. The number of fused-ring (bicyclic) bond motifs is 3. The molecule has 2 aliphatic rings. The molecule has 3 heterocycles. The third-order valence-electron chi connectivity index (χ3n) is 6.74. The molecule has 0 fully saturated rings. The number of nitrogens with zero attached hydrogens (tertiary/aromatic N) is 2. The van der Waals surface area contributed by atoms with Crippen molar-refractivity contribution in [3.63, 3.8) is 0 Å². The Balaban J connectivity index is 1.74. The molecule has 0 radical (unpaired) electrons. The third kappa shape index (κ3) is 3.04. The molecule has 29 heavy (non-hydrogen) atoms.